The maximum Gasteiger partial charge on any atom is -0.0167 e. The number of nitrogens with one attached hydrogen (secondary N) is 1. The van der Waals surface area contributed by atoms with E-state index in [1.165, 1.54) is 24.0 Å². The summed E-state index contributed by atoms with van der Waals surface area (Å²) in [7, 11) is 3.75. The van der Waals surface area contributed by atoms with Crippen LogP contribution in [0.1, 0.15) is 11.1 Å². The topological polar surface area (TPSA) is 12.0 Å². The third-order valence-corrected chi connectivity index (χ3v) is 1.69. The fraction of sp³-hybridized carbons (Fsp3) is 0.400. The van der Waals surface area contributed by atoms with Gasteiger partial charge in [0.25, 0.3) is 0 Å². The Bertz CT molecular complexity index is 199. The van der Waals surface area contributed by atoms with Crippen molar-refractivity contribution in [2.45, 2.75) is 12.8 Å². The van der Waals surface area contributed by atoms with Crippen molar-refractivity contribution in [3.63, 3.8) is 0 Å². The van der Waals surface area contributed by atoms with Gasteiger partial charge in [0.15, 0.2) is 0 Å². The number of hydrogen-bond donors (Lipinski definition) is 1. The summed E-state index contributed by atoms with van der Waals surface area (Å²) in [5, 5.41) is 2.75. The Morgan fingerprint density at radius 1 is 1.09 bits per heavy atom. The van der Waals surface area contributed by atoms with Gasteiger partial charge in [-0.25, -0.2) is 0 Å². The minimum absolute atomic E-state index is 1.27. The molecule has 0 saturated carbocycles. The van der Waals surface area contributed by atoms with Gasteiger partial charge in [-0.1, -0.05) is 24.3 Å². The first-order valence-electron chi connectivity index (χ1n) is 4.03. The van der Waals surface area contributed by atoms with E-state index in [2.05, 4.69) is 29.6 Å². The molecule has 2 bridgehead atoms. The predicted octanol–water partition coefficient (Wildman–Crippen LogP) is 1.62. The number of rotatable bonds is 0. The van der Waals surface area contributed by atoms with Crippen LogP contribution in [0.4, 0.5) is 0 Å². The van der Waals surface area contributed by atoms with Gasteiger partial charge in [0.2, 0.25) is 0 Å². The van der Waals surface area contributed by atoms with Gasteiger partial charge >= 0.3 is 0 Å². The van der Waals surface area contributed by atoms with E-state index in [0.717, 1.165) is 0 Å². The minimum Gasteiger partial charge on any atom is -0.323 e. The highest BCUT2D eigenvalue weighted by molar-refractivity contribution is 5.29. The summed E-state index contributed by atoms with van der Waals surface area (Å²) in [6.45, 7) is 0. The zero-order valence-electron chi connectivity index (χ0n) is 7.22. The maximum absolute atomic E-state index is 2.75. The Kier molecular flexibility index (Phi) is 3.12. The van der Waals surface area contributed by atoms with E-state index in [-0.39, 0.29) is 0 Å². The van der Waals surface area contributed by atoms with Gasteiger partial charge in [-0.05, 0) is 38.1 Å². The molecule has 1 nitrogen and oxygen atoms in total. The van der Waals surface area contributed by atoms with Gasteiger partial charge < -0.3 is 5.32 Å². The third kappa shape index (κ3) is 2.35. The summed E-state index contributed by atoms with van der Waals surface area (Å²) in [6.07, 6.45) is 2.53. The van der Waals surface area contributed by atoms with Crippen LogP contribution < -0.4 is 5.32 Å². The van der Waals surface area contributed by atoms with E-state index in [4.69, 9.17) is 0 Å². The average molecular weight is 149 g/mol. The van der Waals surface area contributed by atoms with Crippen molar-refractivity contribution >= 4 is 0 Å². The molecular formula is C10H15N. The molecule has 1 aliphatic rings. The van der Waals surface area contributed by atoms with E-state index in [0.29, 0.717) is 0 Å². The quantitative estimate of drug-likeness (QED) is 0.591. The first-order chi connectivity index (χ1) is 5.36. The minimum atomic E-state index is 1.27. The maximum atomic E-state index is 2.75. The van der Waals surface area contributed by atoms with Crippen molar-refractivity contribution in [3.05, 3.63) is 35.4 Å². The fourth-order valence-electron chi connectivity index (χ4n) is 1.23. The lowest BCUT2D eigenvalue weighted by Gasteiger charge is -1.82. The summed E-state index contributed by atoms with van der Waals surface area (Å²) in [5.74, 6) is 0. The molecule has 0 aromatic heterocycles. The lowest BCUT2D eigenvalue weighted by molar-refractivity contribution is 1.02. The Morgan fingerprint density at radius 2 is 1.55 bits per heavy atom. The molecule has 0 heterocycles. The molecule has 60 valence electrons. The zero-order chi connectivity index (χ0) is 8.10. The molecule has 1 N–H and O–H groups in total. The van der Waals surface area contributed by atoms with Gasteiger partial charge in [-0.3, -0.25) is 0 Å². The average Bonchev–Trinajstić information content (AvgIpc) is 2.33. The molecule has 0 saturated heterocycles. The smallest absolute Gasteiger partial charge is 0.0167 e. The number of benzene rings is 1. The van der Waals surface area contributed by atoms with Crippen LogP contribution in [-0.4, -0.2) is 14.1 Å². The van der Waals surface area contributed by atoms with Crippen molar-refractivity contribution in [3.8, 4) is 0 Å². The van der Waals surface area contributed by atoms with Gasteiger partial charge in [0.05, 0.1) is 0 Å². The molecule has 0 aliphatic heterocycles. The molecule has 0 unspecified atom stereocenters. The van der Waals surface area contributed by atoms with E-state index < -0.39 is 0 Å². The van der Waals surface area contributed by atoms with Crippen LogP contribution in [-0.2, 0) is 12.8 Å². The molecule has 0 atom stereocenters. The molecule has 0 fully saturated rings. The van der Waals surface area contributed by atoms with Crippen molar-refractivity contribution in [2.24, 2.45) is 0 Å². The highest BCUT2D eigenvalue weighted by Crippen LogP contribution is 2.15. The largest absolute Gasteiger partial charge is 0.323 e. The SMILES string of the molecule is CNC.c1cc2cc(c1)CC2. The van der Waals surface area contributed by atoms with Crippen molar-refractivity contribution in [2.75, 3.05) is 14.1 Å². The third-order valence-electron chi connectivity index (χ3n) is 1.69. The molecule has 0 amide bonds. The molecule has 0 spiro atoms. The summed E-state index contributed by atoms with van der Waals surface area (Å²) in [5.41, 5.74) is 3.00. The van der Waals surface area contributed by atoms with Gasteiger partial charge in [0, 0.05) is 0 Å². The van der Waals surface area contributed by atoms with E-state index in [1.807, 2.05) is 14.1 Å². The number of aryl methyl sites for hydroxylation is 2. The molecule has 0 radical (unpaired) electrons. The van der Waals surface area contributed by atoms with Crippen molar-refractivity contribution < 1.29 is 0 Å². The Labute approximate surface area is 68.4 Å². The Hall–Kier alpha value is -0.820. The first kappa shape index (κ1) is 8.28. The van der Waals surface area contributed by atoms with Gasteiger partial charge in [0.1, 0.15) is 0 Å². The highest BCUT2D eigenvalue weighted by Gasteiger charge is 2.02. The van der Waals surface area contributed by atoms with Gasteiger partial charge in [-0.15, -0.1) is 0 Å². The number of hydrogen-bond acceptors (Lipinski definition) is 1. The van der Waals surface area contributed by atoms with Crippen LogP contribution in [0.2, 0.25) is 0 Å². The van der Waals surface area contributed by atoms with Crippen molar-refractivity contribution in [1.82, 2.24) is 5.32 Å². The molecular weight excluding hydrogens is 134 g/mol. The van der Waals surface area contributed by atoms with Gasteiger partial charge in [-0.2, -0.15) is 0 Å². The van der Waals surface area contributed by atoms with E-state index in [1.54, 1.807) is 0 Å². The lowest BCUT2D eigenvalue weighted by atomic mass is 10.2. The zero-order valence-corrected chi connectivity index (χ0v) is 7.22. The molecule has 1 aliphatic carbocycles. The second-order valence-electron chi connectivity index (χ2n) is 2.82. The lowest BCUT2D eigenvalue weighted by Crippen LogP contribution is -1.89. The second-order valence-corrected chi connectivity index (χ2v) is 2.82. The predicted molar refractivity (Wildman–Crippen MR) is 48.8 cm³/mol. The van der Waals surface area contributed by atoms with Crippen LogP contribution in [0.3, 0.4) is 0 Å². The Morgan fingerprint density at radius 3 is 1.91 bits per heavy atom. The monoisotopic (exact) mass is 149 g/mol. The summed E-state index contributed by atoms with van der Waals surface area (Å²) >= 11 is 0. The second kappa shape index (κ2) is 4.14. The Balaban J connectivity index is 0.000000179. The fourth-order valence-corrected chi connectivity index (χ4v) is 1.23. The molecule has 1 aromatic rings. The number of fused-ring (bicyclic) bond motifs is 2. The normalized spacial score (nSPS) is 12.2. The van der Waals surface area contributed by atoms with Crippen molar-refractivity contribution in [1.29, 1.82) is 0 Å². The van der Waals surface area contributed by atoms with Crippen LogP contribution >= 0.6 is 0 Å². The standard InChI is InChI=1S/C8H8.C2H7N/c1-2-7-4-5-8(3-1)6-7;1-3-2/h1-3,6H,4-5H2;3H,1-2H3. The summed E-state index contributed by atoms with van der Waals surface area (Å²) in [4.78, 5) is 0. The molecule has 2 rings (SSSR count). The van der Waals surface area contributed by atoms with Crippen LogP contribution in [0.25, 0.3) is 0 Å². The van der Waals surface area contributed by atoms with E-state index >= 15 is 0 Å². The van der Waals surface area contributed by atoms with Crippen LogP contribution in [0, 0.1) is 0 Å². The first-order valence-corrected chi connectivity index (χ1v) is 4.03. The highest BCUT2D eigenvalue weighted by atomic mass is 14.7. The molecule has 1 aromatic carbocycles. The van der Waals surface area contributed by atoms with Crippen LogP contribution in [0.5, 0.6) is 0 Å². The molecule has 1 heteroatoms. The van der Waals surface area contributed by atoms with E-state index in [9.17, 15) is 0 Å². The van der Waals surface area contributed by atoms with Crippen LogP contribution in [0.15, 0.2) is 24.3 Å². The summed E-state index contributed by atoms with van der Waals surface area (Å²) < 4.78 is 0. The molecule has 11 heavy (non-hydrogen) atoms. The summed E-state index contributed by atoms with van der Waals surface area (Å²) in [6, 6.07) is 8.80.